The first-order valence-corrected chi connectivity index (χ1v) is 8.23. The Morgan fingerprint density at radius 3 is 2.39 bits per heavy atom. The molecule has 0 bridgehead atoms. The third kappa shape index (κ3) is 4.54. The van der Waals surface area contributed by atoms with Gasteiger partial charge in [-0.15, -0.1) is 0 Å². The van der Waals surface area contributed by atoms with E-state index < -0.39 is 22.0 Å². The Bertz CT molecular complexity index is 512. The van der Waals surface area contributed by atoms with Crippen molar-refractivity contribution in [2.75, 3.05) is 4.43 Å². The lowest BCUT2D eigenvalue weighted by Crippen LogP contribution is -2.37. The van der Waals surface area contributed by atoms with Crippen LogP contribution in [0.1, 0.15) is 12.0 Å². The van der Waals surface area contributed by atoms with Gasteiger partial charge in [-0.1, -0.05) is 40.3 Å². The summed E-state index contributed by atoms with van der Waals surface area (Å²) in [4.78, 5) is 10.7. The second-order valence-corrected chi connectivity index (χ2v) is 6.48. The maximum atomic E-state index is 12.0. The van der Waals surface area contributed by atoms with Crippen molar-refractivity contribution in [3.63, 3.8) is 0 Å². The van der Waals surface area contributed by atoms with E-state index in [1.807, 2.05) is 29.5 Å². The monoisotopic (exact) mass is 383 g/mol. The third-order valence-electron chi connectivity index (χ3n) is 2.26. The summed E-state index contributed by atoms with van der Waals surface area (Å²) in [7, 11) is -3.65. The lowest BCUT2D eigenvalue weighted by atomic mass is 10.2. The highest BCUT2D eigenvalue weighted by molar-refractivity contribution is 14.1. The van der Waals surface area contributed by atoms with Crippen molar-refractivity contribution >= 4 is 38.6 Å². The first-order valence-electron chi connectivity index (χ1n) is 5.22. The van der Waals surface area contributed by atoms with Gasteiger partial charge in [0.25, 0.3) is 0 Å². The molecule has 0 amide bonds. The Balaban J connectivity index is 2.86. The van der Waals surface area contributed by atoms with Gasteiger partial charge in [-0.3, -0.25) is 4.79 Å². The molecule has 0 aliphatic heterocycles. The molecule has 0 heterocycles. The molecule has 1 rings (SSSR count). The SMILES string of the molecule is Cc1ccc(S(=O)(=O)N[C@@H](CI)CC(=O)O)cc1. The van der Waals surface area contributed by atoms with Gasteiger partial charge in [0.1, 0.15) is 0 Å². The zero-order chi connectivity index (χ0) is 13.8. The molecule has 0 saturated heterocycles. The number of aryl methyl sites for hydroxylation is 1. The highest BCUT2D eigenvalue weighted by Gasteiger charge is 2.21. The van der Waals surface area contributed by atoms with E-state index >= 15 is 0 Å². The fourth-order valence-electron chi connectivity index (χ4n) is 1.34. The number of carboxylic acid groups (broad SMARTS) is 1. The number of hydrogen-bond acceptors (Lipinski definition) is 3. The van der Waals surface area contributed by atoms with Crippen LogP contribution in [0.25, 0.3) is 0 Å². The second-order valence-electron chi connectivity index (χ2n) is 3.88. The maximum absolute atomic E-state index is 12.0. The van der Waals surface area contributed by atoms with Crippen LogP contribution in [-0.2, 0) is 14.8 Å². The van der Waals surface area contributed by atoms with Gasteiger partial charge in [-0.2, -0.15) is 0 Å². The van der Waals surface area contributed by atoms with Crippen LogP contribution in [0.4, 0.5) is 0 Å². The molecule has 1 aromatic carbocycles. The lowest BCUT2D eigenvalue weighted by molar-refractivity contribution is -0.137. The highest BCUT2D eigenvalue weighted by Crippen LogP contribution is 2.12. The van der Waals surface area contributed by atoms with E-state index in [0.717, 1.165) is 5.56 Å². The number of carbonyl (C=O) groups is 1. The molecule has 5 nitrogen and oxygen atoms in total. The van der Waals surface area contributed by atoms with Crippen molar-refractivity contribution in [2.45, 2.75) is 24.3 Å². The molecular formula is C11H14INO4S. The summed E-state index contributed by atoms with van der Waals surface area (Å²) in [6, 6.07) is 5.80. The molecule has 7 heteroatoms. The Morgan fingerprint density at radius 1 is 1.39 bits per heavy atom. The second kappa shape index (κ2) is 6.48. The minimum Gasteiger partial charge on any atom is -0.481 e. The van der Waals surface area contributed by atoms with Crippen molar-refractivity contribution < 1.29 is 18.3 Å². The quantitative estimate of drug-likeness (QED) is 0.577. The minimum absolute atomic E-state index is 0.147. The molecule has 0 fully saturated rings. The molecular weight excluding hydrogens is 369 g/mol. The fourth-order valence-corrected chi connectivity index (χ4v) is 3.41. The molecule has 0 aliphatic carbocycles. The number of benzene rings is 1. The van der Waals surface area contributed by atoms with Crippen molar-refractivity contribution in [1.29, 1.82) is 0 Å². The topological polar surface area (TPSA) is 83.5 Å². The van der Waals surface area contributed by atoms with Gasteiger partial charge in [0.15, 0.2) is 0 Å². The van der Waals surface area contributed by atoms with Crippen LogP contribution < -0.4 is 4.72 Å². The Kier molecular flexibility index (Phi) is 5.54. The van der Waals surface area contributed by atoms with Gasteiger partial charge in [-0.25, -0.2) is 13.1 Å². The molecule has 0 radical (unpaired) electrons. The average Bonchev–Trinajstić information content (AvgIpc) is 2.27. The largest absolute Gasteiger partial charge is 0.481 e. The number of rotatable bonds is 6. The molecule has 0 unspecified atom stereocenters. The van der Waals surface area contributed by atoms with Crippen LogP contribution in [0.3, 0.4) is 0 Å². The summed E-state index contributed by atoms with van der Waals surface area (Å²) >= 11 is 1.96. The van der Waals surface area contributed by atoms with Crippen molar-refractivity contribution in [3.05, 3.63) is 29.8 Å². The molecule has 1 atom stereocenters. The van der Waals surface area contributed by atoms with Crippen LogP contribution in [0, 0.1) is 6.92 Å². The van der Waals surface area contributed by atoms with E-state index in [0.29, 0.717) is 4.43 Å². The van der Waals surface area contributed by atoms with E-state index in [-0.39, 0.29) is 11.3 Å². The van der Waals surface area contributed by atoms with Crippen LogP contribution in [0.2, 0.25) is 0 Å². The summed E-state index contributed by atoms with van der Waals surface area (Å²) < 4.78 is 26.8. The normalized spacial score (nSPS) is 13.2. The van der Waals surface area contributed by atoms with Crippen molar-refractivity contribution in [2.24, 2.45) is 0 Å². The summed E-state index contributed by atoms with van der Waals surface area (Å²) in [6.45, 7) is 1.86. The van der Waals surface area contributed by atoms with Crippen LogP contribution in [0.5, 0.6) is 0 Å². The van der Waals surface area contributed by atoms with Gasteiger partial charge in [0.2, 0.25) is 10.0 Å². The minimum atomic E-state index is -3.65. The Labute approximate surface area is 120 Å². The molecule has 0 aliphatic rings. The van der Waals surface area contributed by atoms with Crippen molar-refractivity contribution in [1.82, 2.24) is 4.72 Å². The molecule has 0 spiro atoms. The molecule has 100 valence electrons. The summed E-state index contributed by atoms with van der Waals surface area (Å²) in [5, 5.41) is 8.68. The highest BCUT2D eigenvalue weighted by atomic mass is 127. The fraction of sp³-hybridized carbons (Fsp3) is 0.364. The van der Waals surface area contributed by atoms with Crippen LogP contribution in [-0.4, -0.2) is 30.0 Å². The zero-order valence-corrected chi connectivity index (χ0v) is 12.7. The number of nitrogens with one attached hydrogen (secondary N) is 1. The zero-order valence-electron chi connectivity index (χ0n) is 9.76. The number of halogens is 1. The van der Waals surface area contributed by atoms with Crippen LogP contribution >= 0.6 is 22.6 Å². The van der Waals surface area contributed by atoms with Gasteiger partial charge >= 0.3 is 5.97 Å². The number of carboxylic acids is 1. The predicted octanol–water partition coefficient (Wildman–Crippen LogP) is 1.55. The van der Waals surface area contributed by atoms with E-state index in [4.69, 9.17) is 5.11 Å². The number of hydrogen-bond donors (Lipinski definition) is 2. The van der Waals surface area contributed by atoms with Crippen LogP contribution in [0.15, 0.2) is 29.2 Å². The van der Waals surface area contributed by atoms with E-state index in [2.05, 4.69) is 4.72 Å². The van der Waals surface area contributed by atoms with Gasteiger partial charge in [0.05, 0.1) is 11.3 Å². The molecule has 2 N–H and O–H groups in total. The average molecular weight is 383 g/mol. The van der Waals surface area contributed by atoms with Gasteiger partial charge < -0.3 is 5.11 Å². The summed E-state index contributed by atoms with van der Waals surface area (Å²) in [5.74, 6) is -1.02. The standard InChI is InChI=1S/C11H14INO4S/c1-8-2-4-10(5-3-8)18(16,17)13-9(7-12)6-11(14)15/h2-5,9,13H,6-7H2,1H3,(H,14,15)/t9-/m1/s1. The smallest absolute Gasteiger partial charge is 0.304 e. The van der Waals surface area contributed by atoms with Gasteiger partial charge in [-0.05, 0) is 19.1 Å². The summed E-state index contributed by atoms with van der Waals surface area (Å²) in [6.07, 6.45) is -0.228. The Morgan fingerprint density at radius 2 is 1.94 bits per heavy atom. The van der Waals surface area contributed by atoms with Gasteiger partial charge in [0, 0.05) is 10.5 Å². The number of aliphatic carboxylic acids is 1. The molecule has 18 heavy (non-hydrogen) atoms. The predicted molar refractivity (Wildman–Crippen MR) is 76.4 cm³/mol. The van der Waals surface area contributed by atoms with Crippen molar-refractivity contribution in [3.8, 4) is 0 Å². The summed E-state index contributed by atoms with van der Waals surface area (Å²) in [5.41, 5.74) is 0.963. The Hall–Kier alpha value is -0.670. The third-order valence-corrected chi connectivity index (χ3v) is 4.86. The first-order chi connectivity index (χ1) is 8.35. The molecule has 0 saturated carbocycles. The van der Waals surface area contributed by atoms with E-state index in [9.17, 15) is 13.2 Å². The van der Waals surface area contributed by atoms with E-state index in [1.54, 1.807) is 12.1 Å². The first kappa shape index (κ1) is 15.4. The number of sulfonamides is 1. The molecule has 1 aromatic rings. The number of alkyl halides is 1. The van der Waals surface area contributed by atoms with E-state index in [1.165, 1.54) is 12.1 Å². The lowest BCUT2D eigenvalue weighted by Gasteiger charge is -2.14. The molecule has 0 aromatic heterocycles. The maximum Gasteiger partial charge on any atom is 0.304 e.